The molecule has 0 atom stereocenters. The Hall–Kier alpha value is -2.38. The molecule has 130 valence electrons. The number of nitrogens with two attached hydrogens (primary N) is 1. The van der Waals surface area contributed by atoms with Gasteiger partial charge in [-0.05, 0) is 30.2 Å². The van der Waals surface area contributed by atoms with Crippen LogP contribution >= 0.6 is 22.9 Å². The molecule has 3 rings (SSSR count). The number of carbonyl (C=O) groups excluding carboxylic acids is 3. The number of carbonyl (C=O) groups is 3. The largest absolute Gasteiger partial charge is 0.365 e. The topological polar surface area (TPSA) is 92.5 Å². The molecule has 0 radical (unpaired) electrons. The first-order chi connectivity index (χ1) is 11.9. The molecule has 0 unspecified atom stereocenters. The zero-order valence-corrected chi connectivity index (χ0v) is 15.0. The van der Waals surface area contributed by atoms with Crippen LogP contribution in [0.2, 0.25) is 5.02 Å². The summed E-state index contributed by atoms with van der Waals surface area (Å²) in [5.74, 6) is -0.980. The molecule has 2 aromatic rings. The number of fused-ring (bicyclic) bond motifs is 1. The number of rotatable bonds is 3. The van der Waals surface area contributed by atoms with Gasteiger partial charge in [0.1, 0.15) is 5.00 Å². The number of anilines is 1. The van der Waals surface area contributed by atoms with E-state index in [1.54, 1.807) is 29.2 Å². The smallest absolute Gasteiger partial charge is 0.256 e. The average Bonchev–Trinajstić information content (AvgIpc) is 2.91. The first-order valence-corrected chi connectivity index (χ1v) is 8.83. The van der Waals surface area contributed by atoms with Crippen molar-refractivity contribution < 1.29 is 14.4 Å². The Balaban J connectivity index is 1.93. The summed E-state index contributed by atoms with van der Waals surface area (Å²) in [5, 5.41) is 3.61. The number of hydrogen-bond donors (Lipinski definition) is 2. The van der Waals surface area contributed by atoms with Gasteiger partial charge in [0.05, 0.1) is 12.1 Å². The lowest BCUT2D eigenvalue weighted by atomic mass is 10.0. The van der Waals surface area contributed by atoms with Gasteiger partial charge < -0.3 is 16.0 Å². The fraction of sp³-hybridized carbons (Fsp3) is 0.235. The summed E-state index contributed by atoms with van der Waals surface area (Å²) >= 11 is 7.19. The normalized spacial score (nSPS) is 13.3. The maximum atomic E-state index is 12.4. The third-order valence-electron chi connectivity index (χ3n) is 4.06. The summed E-state index contributed by atoms with van der Waals surface area (Å²) in [6.45, 7) is 2.46. The highest BCUT2D eigenvalue weighted by atomic mass is 35.5. The SMILES string of the molecule is CC(=O)N1CCc2c(sc(NC(=O)c3cccc(Cl)c3)c2C(N)=O)C1. The number of amides is 3. The Labute approximate surface area is 153 Å². The van der Waals surface area contributed by atoms with E-state index in [0.717, 1.165) is 10.4 Å². The molecule has 2 heterocycles. The molecule has 1 aliphatic heterocycles. The van der Waals surface area contributed by atoms with Gasteiger partial charge in [-0.2, -0.15) is 0 Å². The van der Waals surface area contributed by atoms with Crippen molar-refractivity contribution in [3.05, 3.63) is 50.9 Å². The van der Waals surface area contributed by atoms with Gasteiger partial charge in [-0.25, -0.2) is 0 Å². The summed E-state index contributed by atoms with van der Waals surface area (Å²) in [5.41, 5.74) is 7.07. The standard InChI is InChI=1S/C17H16ClN3O3S/c1-9(22)21-6-5-12-13(8-21)25-17(14(12)15(19)23)20-16(24)10-3-2-4-11(18)7-10/h2-4,7H,5-6,8H2,1H3,(H2,19,23)(H,20,24). The van der Waals surface area contributed by atoms with E-state index in [1.807, 2.05) is 0 Å². The van der Waals surface area contributed by atoms with E-state index in [2.05, 4.69) is 5.32 Å². The molecule has 1 aromatic heterocycles. The minimum Gasteiger partial charge on any atom is -0.365 e. The van der Waals surface area contributed by atoms with Crippen LogP contribution in [0.4, 0.5) is 5.00 Å². The minimum atomic E-state index is -0.588. The van der Waals surface area contributed by atoms with Crippen LogP contribution in [-0.4, -0.2) is 29.2 Å². The highest BCUT2D eigenvalue weighted by Gasteiger charge is 2.28. The Kier molecular flexibility index (Phi) is 4.78. The minimum absolute atomic E-state index is 0.0239. The van der Waals surface area contributed by atoms with Crippen LogP contribution in [0.1, 0.15) is 38.1 Å². The maximum absolute atomic E-state index is 12.4. The van der Waals surface area contributed by atoms with Crippen molar-refractivity contribution in [3.8, 4) is 0 Å². The van der Waals surface area contributed by atoms with Gasteiger partial charge in [-0.3, -0.25) is 14.4 Å². The molecular formula is C17H16ClN3O3S. The van der Waals surface area contributed by atoms with Crippen molar-refractivity contribution in [2.75, 3.05) is 11.9 Å². The molecular weight excluding hydrogens is 362 g/mol. The van der Waals surface area contributed by atoms with Gasteiger partial charge in [-0.1, -0.05) is 17.7 Å². The van der Waals surface area contributed by atoms with Crippen LogP contribution in [0.3, 0.4) is 0 Å². The summed E-state index contributed by atoms with van der Waals surface area (Å²) in [7, 11) is 0. The van der Waals surface area contributed by atoms with Crippen LogP contribution in [0.5, 0.6) is 0 Å². The van der Waals surface area contributed by atoms with E-state index in [1.165, 1.54) is 18.3 Å². The van der Waals surface area contributed by atoms with Crippen LogP contribution in [0.25, 0.3) is 0 Å². The molecule has 1 aromatic carbocycles. The molecule has 0 aliphatic carbocycles. The van der Waals surface area contributed by atoms with Crippen LogP contribution in [0, 0.1) is 0 Å². The predicted octanol–water partition coefficient (Wildman–Crippen LogP) is 2.66. The number of nitrogens with one attached hydrogen (secondary N) is 1. The predicted molar refractivity (Wildman–Crippen MR) is 97.0 cm³/mol. The molecule has 3 N–H and O–H groups in total. The molecule has 0 spiro atoms. The molecule has 3 amide bonds. The summed E-state index contributed by atoms with van der Waals surface area (Å²) in [6.07, 6.45) is 0.538. The van der Waals surface area contributed by atoms with Crippen molar-refractivity contribution >= 4 is 45.7 Å². The van der Waals surface area contributed by atoms with Crippen molar-refractivity contribution in [1.82, 2.24) is 4.90 Å². The zero-order chi connectivity index (χ0) is 18.1. The number of thiophene rings is 1. The molecule has 0 bridgehead atoms. The first-order valence-electron chi connectivity index (χ1n) is 7.63. The van der Waals surface area contributed by atoms with Gasteiger partial charge in [0, 0.05) is 28.9 Å². The molecule has 6 nitrogen and oxygen atoms in total. The lowest BCUT2D eigenvalue weighted by Gasteiger charge is -2.25. The van der Waals surface area contributed by atoms with E-state index < -0.39 is 5.91 Å². The van der Waals surface area contributed by atoms with Crippen molar-refractivity contribution in [2.45, 2.75) is 19.9 Å². The second-order valence-corrected chi connectivity index (χ2v) is 7.27. The number of hydrogen-bond acceptors (Lipinski definition) is 4. The highest BCUT2D eigenvalue weighted by Crippen LogP contribution is 2.37. The van der Waals surface area contributed by atoms with E-state index in [9.17, 15) is 14.4 Å². The van der Waals surface area contributed by atoms with Gasteiger partial charge in [0.25, 0.3) is 11.8 Å². The molecule has 8 heteroatoms. The van der Waals surface area contributed by atoms with Crippen LogP contribution in [0.15, 0.2) is 24.3 Å². The van der Waals surface area contributed by atoms with Gasteiger partial charge >= 0.3 is 0 Å². The molecule has 0 fully saturated rings. The van der Waals surface area contributed by atoms with E-state index >= 15 is 0 Å². The Bertz CT molecular complexity index is 878. The second-order valence-electron chi connectivity index (χ2n) is 5.73. The fourth-order valence-electron chi connectivity index (χ4n) is 2.83. The number of halogens is 1. The average molecular weight is 378 g/mol. The molecule has 1 aliphatic rings. The van der Waals surface area contributed by atoms with E-state index in [4.69, 9.17) is 17.3 Å². The van der Waals surface area contributed by atoms with Gasteiger partial charge in [0.2, 0.25) is 5.91 Å². The fourth-order valence-corrected chi connectivity index (χ4v) is 4.28. The Morgan fingerprint density at radius 1 is 1.32 bits per heavy atom. The molecule has 25 heavy (non-hydrogen) atoms. The Morgan fingerprint density at radius 2 is 2.08 bits per heavy atom. The van der Waals surface area contributed by atoms with Gasteiger partial charge in [0.15, 0.2) is 0 Å². The number of benzene rings is 1. The van der Waals surface area contributed by atoms with E-state index in [0.29, 0.717) is 40.7 Å². The highest BCUT2D eigenvalue weighted by molar-refractivity contribution is 7.17. The lowest BCUT2D eigenvalue weighted by Crippen LogP contribution is -2.34. The van der Waals surface area contributed by atoms with Crippen LogP contribution in [-0.2, 0) is 17.8 Å². The molecule has 0 saturated heterocycles. The lowest BCUT2D eigenvalue weighted by molar-refractivity contribution is -0.129. The Morgan fingerprint density at radius 3 is 2.72 bits per heavy atom. The van der Waals surface area contributed by atoms with Crippen molar-refractivity contribution in [3.63, 3.8) is 0 Å². The monoisotopic (exact) mass is 377 g/mol. The third-order valence-corrected chi connectivity index (χ3v) is 5.43. The van der Waals surface area contributed by atoms with Crippen molar-refractivity contribution in [1.29, 1.82) is 0 Å². The second kappa shape index (κ2) is 6.85. The van der Waals surface area contributed by atoms with Crippen LogP contribution < -0.4 is 11.1 Å². The summed E-state index contributed by atoms with van der Waals surface area (Å²) < 4.78 is 0. The zero-order valence-electron chi connectivity index (χ0n) is 13.5. The molecule has 0 saturated carbocycles. The van der Waals surface area contributed by atoms with Crippen molar-refractivity contribution in [2.24, 2.45) is 5.73 Å². The van der Waals surface area contributed by atoms with E-state index in [-0.39, 0.29) is 11.8 Å². The third kappa shape index (κ3) is 3.52. The number of primary amides is 1. The maximum Gasteiger partial charge on any atom is 0.256 e. The van der Waals surface area contributed by atoms with Gasteiger partial charge in [-0.15, -0.1) is 11.3 Å². The summed E-state index contributed by atoms with van der Waals surface area (Å²) in [4.78, 5) is 38.5. The number of nitrogens with zero attached hydrogens (tertiary/aromatic N) is 1. The first kappa shape index (κ1) is 17.4. The summed E-state index contributed by atoms with van der Waals surface area (Å²) in [6, 6.07) is 6.53. The quantitative estimate of drug-likeness (QED) is 0.861.